The molecule has 9 heteroatoms. The number of amides is 1. The highest BCUT2D eigenvalue weighted by Gasteiger charge is 2.40. The number of para-hydroxylation sites is 1. The molecule has 1 saturated heterocycles. The zero-order chi connectivity index (χ0) is 24.3. The number of hydrogen-bond acceptors (Lipinski definition) is 6. The lowest BCUT2D eigenvalue weighted by atomic mass is 9.84. The van der Waals surface area contributed by atoms with Crippen molar-refractivity contribution in [3.63, 3.8) is 0 Å². The van der Waals surface area contributed by atoms with Gasteiger partial charge in [-0.2, -0.15) is 0 Å². The number of rotatable bonds is 7. The zero-order valence-electron chi connectivity index (χ0n) is 19.9. The number of carbonyl (C=O) groups is 1. The Bertz CT molecular complexity index is 1140. The second-order valence-electron chi connectivity index (χ2n) is 8.67. The Labute approximate surface area is 206 Å². The molecule has 1 atom stereocenters. The van der Waals surface area contributed by atoms with Gasteiger partial charge in [-0.3, -0.25) is 4.79 Å². The van der Waals surface area contributed by atoms with E-state index in [4.69, 9.17) is 9.47 Å². The number of nitrogens with one attached hydrogen (secondary N) is 1. The summed E-state index contributed by atoms with van der Waals surface area (Å²) in [6, 6.07) is 12.0. The first-order valence-electron chi connectivity index (χ1n) is 11.7. The number of morpholine rings is 1. The van der Waals surface area contributed by atoms with Crippen LogP contribution in [0.1, 0.15) is 55.1 Å². The highest BCUT2D eigenvalue weighted by Crippen LogP contribution is 2.43. The van der Waals surface area contributed by atoms with Gasteiger partial charge in [0.05, 0.1) is 29.7 Å². The van der Waals surface area contributed by atoms with E-state index < -0.39 is 21.7 Å². The van der Waals surface area contributed by atoms with Gasteiger partial charge in [0, 0.05) is 30.0 Å². The van der Waals surface area contributed by atoms with Gasteiger partial charge in [0.2, 0.25) is 10.0 Å². The molecule has 34 heavy (non-hydrogen) atoms. The van der Waals surface area contributed by atoms with Crippen LogP contribution < -0.4 is 9.46 Å². The molecule has 7 nitrogen and oxygen atoms in total. The van der Waals surface area contributed by atoms with Crippen LogP contribution >= 0.6 is 11.8 Å². The first kappa shape index (κ1) is 25.0. The topological polar surface area (TPSA) is 84.9 Å². The van der Waals surface area contributed by atoms with E-state index in [1.807, 2.05) is 30.5 Å². The number of hydrogen-bond donors (Lipinski definition) is 1. The molecule has 2 aromatic rings. The lowest BCUT2D eigenvalue weighted by Gasteiger charge is -2.41. The van der Waals surface area contributed by atoms with Gasteiger partial charge in [-0.15, -0.1) is 11.8 Å². The summed E-state index contributed by atoms with van der Waals surface area (Å²) in [7, 11) is -3.89. The smallest absolute Gasteiger partial charge is 0.255 e. The maximum Gasteiger partial charge on any atom is 0.255 e. The van der Waals surface area contributed by atoms with Crippen molar-refractivity contribution >= 4 is 27.7 Å². The third-order valence-corrected chi connectivity index (χ3v) is 9.06. The summed E-state index contributed by atoms with van der Waals surface area (Å²) >= 11 is 1.43. The molecular weight excluding hydrogens is 472 g/mol. The lowest BCUT2D eigenvalue weighted by Crippen LogP contribution is -2.44. The summed E-state index contributed by atoms with van der Waals surface area (Å²) in [5, 5.41) is 0. The van der Waals surface area contributed by atoms with Crippen LogP contribution in [-0.2, 0) is 14.8 Å². The fourth-order valence-corrected chi connectivity index (χ4v) is 6.43. The van der Waals surface area contributed by atoms with Crippen LogP contribution in [0.2, 0.25) is 0 Å². The van der Waals surface area contributed by atoms with Crippen LogP contribution in [0.15, 0.2) is 52.3 Å². The summed E-state index contributed by atoms with van der Waals surface area (Å²) in [5.74, 6) is 0.545. The molecule has 1 fully saturated rings. The molecule has 1 N–H and O–H groups in total. The summed E-state index contributed by atoms with van der Waals surface area (Å²) in [6.45, 7) is 6.09. The standard InChI is InChI=1S/C25H32N2O5S2/c1-4-25(5-2)17-21(19-8-6-7-9-22(19)32-25)26-34(29,30)18-10-11-23(33-3)20(16-18)24(28)27-12-14-31-15-13-27/h6-11,16,21,26H,4-5,12-15,17H2,1-3H3. The fourth-order valence-electron chi connectivity index (χ4n) is 4.62. The van der Waals surface area contributed by atoms with Crippen LogP contribution in [0.4, 0.5) is 0 Å². The Morgan fingerprint density at radius 1 is 1.15 bits per heavy atom. The SMILES string of the molecule is CCC1(CC)CC(NS(=O)(=O)c2ccc(SC)c(C(=O)N3CCOCC3)c2)c2ccccc2O1. The number of fused-ring (bicyclic) bond motifs is 1. The molecule has 2 heterocycles. The Hall–Kier alpha value is -2.07. The highest BCUT2D eigenvalue weighted by molar-refractivity contribution is 7.98. The van der Waals surface area contributed by atoms with Crippen molar-refractivity contribution in [1.82, 2.24) is 9.62 Å². The number of benzene rings is 2. The van der Waals surface area contributed by atoms with Crippen LogP contribution in [0, 0.1) is 0 Å². The van der Waals surface area contributed by atoms with Crippen LogP contribution in [0.3, 0.4) is 0 Å². The van der Waals surface area contributed by atoms with E-state index in [0.717, 1.165) is 23.3 Å². The number of ether oxygens (including phenoxy) is 2. The number of nitrogens with zero attached hydrogens (tertiary/aromatic N) is 1. The van der Waals surface area contributed by atoms with Crippen LogP contribution in [-0.4, -0.2) is 57.4 Å². The second-order valence-corrected chi connectivity index (χ2v) is 11.2. The van der Waals surface area contributed by atoms with E-state index in [9.17, 15) is 13.2 Å². The zero-order valence-corrected chi connectivity index (χ0v) is 21.5. The number of sulfonamides is 1. The van der Waals surface area contributed by atoms with Crippen LogP contribution in [0.25, 0.3) is 0 Å². The largest absolute Gasteiger partial charge is 0.487 e. The first-order chi connectivity index (χ1) is 16.3. The maximum absolute atomic E-state index is 13.5. The van der Waals surface area contributed by atoms with Crippen molar-refractivity contribution in [2.24, 2.45) is 0 Å². The van der Waals surface area contributed by atoms with Gasteiger partial charge in [-0.1, -0.05) is 32.0 Å². The molecular formula is C25H32N2O5S2. The molecule has 0 saturated carbocycles. The van der Waals surface area contributed by atoms with E-state index in [1.54, 1.807) is 17.0 Å². The minimum absolute atomic E-state index is 0.0875. The number of carbonyl (C=O) groups excluding carboxylic acids is 1. The quantitative estimate of drug-likeness (QED) is 0.568. The normalized spacial score (nSPS) is 19.9. The van der Waals surface area contributed by atoms with Crippen molar-refractivity contribution in [2.75, 3.05) is 32.6 Å². The maximum atomic E-state index is 13.5. The van der Waals surface area contributed by atoms with Crippen molar-refractivity contribution in [3.8, 4) is 5.75 Å². The molecule has 4 rings (SSSR count). The minimum atomic E-state index is -3.89. The Morgan fingerprint density at radius 2 is 1.85 bits per heavy atom. The van der Waals surface area contributed by atoms with Crippen molar-refractivity contribution in [1.29, 1.82) is 0 Å². The van der Waals surface area contributed by atoms with Gasteiger partial charge in [0.25, 0.3) is 5.91 Å². The predicted octanol–water partition coefficient (Wildman–Crippen LogP) is 4.24. The Morgan fingerprint density at radius 3 is 2.53 bits per heavy atom. The van der Waals surface area contributed by atoms with Gasteiger partial charge in [-0.25, -0.2) is 13.1 Å². The fraction of sp³-hybridized carbons (Fsp3) is 0.480. The molecule has 0 bridgehead atoms. The summed E-state index contributed by atoms with van der Waals surface area (Å²) < 4.78 is 41.7. The van der Waals surface area contributed by atoms with Gasteiger partial charge in [0.15, 0.2) is 0 Å². The summed E-state index contributed by atoms with van der Waals surface area (Å²) in [5.41, 5.74) is 0.803. The van der Waals surface area contributed by atoms with Crippen molar-refractivity contribution in [2.45, 2.75) is 54.5 Å². The average molecular weight is 505 g/mol. The molecule has 0 aromatic heterocycles. The Kier molecular flexibility index (Phi) is 7.57. The average Bonchev–Trinajstić information content (AvgIpc) is 2.88. The second kappa shape index (κ2) is 10.3. The minimum Gasteiger partial charge on any atom is -0.487 e. The third kappa shape index (κ3) is 4.98. The van der Waals surface area contributed by atoms with E-state index >= 15 is 0 Å². The molecule has 2 aromatic carbocycles. The van der Waals surface area contributed by atoms with E-state index in [-0.39, 0.29) is 10.8 Å². The molecule has 184 valence electrons. The van der Waals surface area contributed by atoms with Gasteiger partial charge in [0.1, 0.15) is 11.4 Å². The van der Waals surface area contributed by atoms with E-state index in [2.05, 4.69) is 18.6 Å². The van der Waals surface area contributed by atoms with Crippen molar-refractivity contribution in [3.05, 3.63) is 53.6 Å². The summed E-state index contributed by atoms with van der Waals surface area (Å²) in [4.78, 5) is 15.8. The molecule has 0 radical (unpaired) electrons. The van der Waals surface area contributed by atoms with Gasteiger partial charge < -0.3 is 14.4 Å². The van der Waals surface area contributed by atoms with E-state index in [0.29, 0.717) is 44.0 Å². The predicted molar refractivity (Wildman–Crippen MR) is 133 cm³/mol. The van der Waals surface area contributed by atoms with Gasteiger partial charge >= 0.3 is 0 Å². The molecule has 1 amide bonds. The van der Waals surface area contributed by atoms with Crippen molar-refractivity contribution < 1.29 is 22.7 Å². The third-order valence-electron chi connectivity index (χ3n) is 6.79. The molecule has 2 aliphatic heterocycles. The summed E-state index contributed by atoms with van der Waals surface area (Å²) in [6.07, 6.45) is 3.97. The van der Waals surface area contributed by atoms with E-state index in [1.165, 1.54) is 17.8 Å². The molecule has 1 unspecified atom stereocenters. The molecule has 2 aliphatic rings. The molecule has 0 spiro atoms. The highest BCUT2D eigenvalue weighted by atomic mass is 32.2. The monoisotopic (exact) mass is 504 g/mol. The Balaban J connectivity index is 1.66. The molecule has 0 aliphatic carbocycles. The van der Waals surface area contributed by atoms with Gasteiger partial charge in [-0.05, 0) is 43.4 Å². The first-order valence-corrected chi connectivity index (χ1v) is 14.4. The lowest BCUT2D eigenvalue weighted by molar-refractivity contribution is 0.0260. The van der Waals surface area contributed by atoms with Crippen LogP contribution in [0.5, 0.6) is 5.75 Å². The number of thioether (sulfide) groups is 1.